The first-order valence-corrected chi connectivity index (χ1v) is 32.0. The van der Waals surface area contributed by atoms with E-state index in [0.717, 1.165) is 86.5 Å². The molecule has 0 aromatic heterocycles. The number of nitrogens with one attached hydrogen (secondary N) is 7. The van der Waals surface area contributed by atoms with Crippen LogP contribution in [0.25, 0.3) is 0 Å². The number of Topliss-reactive ketones (excluding diaryl/α,β-unsaturated/α-hetero) is 1. The van der Waals surface area contributed by atoms with Crippen LogP contribution in [0.5, 0.6) is 0 Å². The molecule has 2 aliphatic heterocycles. The summed E-state index contributed by atoms with van der Waals surface area (Å²) >= 11 is 0. The SMILES string of the molecule is CN[C@@H](C)C(=O)N[C@H](C(=O)N1C[C@@H](CC(=O)c2ccc(C(=O)N[C@H]3C[C@@H](C(=O)N[C@H](Cc4ccccc4)c4ccccc4)N(C(=O)[C@@H](NC(=O)[C@H](C)NC)C4CCCCC4)C3)cc2)C[C@H]1C(=O)N[C@H](Cc1ccccc1)c1ccccc1)C1CCCCC1. The van der Waals surface area contributed by atoms with Gasteiger partial charge in [-0.05, 0) is 131 Å². The van der Waals surface area contributed by atoms with Gasteiger partial charge in [0.25, 0.3) is 5.91 Å². The summed E-state index contributed by atoms with van der Waals surface area (Å²) in [5, 5.41) is 21.8. The number of rotatable bonds is 25. The molecule has 17 heteroatoms. The van der Waals surface area contributed by atoms with Crippen molar-refractivity contribution >= 4 is 47.1 Å². The van der Waals surface area contributed by atoms with Crippen molar-refractivity contribution in [1.29, 1.82) is 0 Å². The zero-order valence-corrected chi connectivity index (χ0v) is 51.5. The fourth-order valence-electron chi connectivity index (χ4n) is 13.4. The van der Waals surface area contributed by atoms with Crippen LogP contribution in [0.2, 0.25) is 0 Å². The van der Waals surface area contributed by atoms with Crippen LogP contribution in [0.3, 0.4) is 0 Å². The Morgan fingerprint density at radius 1 is 0.466 bits per heavy atom. The molecule has 17 nitrogen and oxygen atoms in total. The van der Waals surface area contributed by atoms with Crippen LogP contribution in [0.1, 0.15) is 152 Å². The molecule has 0 unspecified atom stereocenters. The lowest BCUT2D eigenvalue weighted by Gasteiger charge is -2.35. The Labute approximate surface area is 518 Å². The minimum atomic E-state index is -0.976. The Bertz CT molecular complexity index is 2930. The fourth-order valence-corrected chi connectivity index (χ4v) is 13.4. The van der Waals surface area contributed by atoms with Crippen LogP contribution < -0.4 is 37.2 Å². The molecule has 9 rings (SSSR count). The molecule has 0 radical (unpaired) electrons. The maximum absolute atomic E-state index is 15.1. The second kappa shape index (κ2) is 31.2. The molecule has 2 aliphatic carbocycles. The summed E-state index contributed by atoms with van der Waals surface area (Å²) in [6, 6.07) is 39.3. The van der Waals surface area contributed by atoms with Crippen LogP contribution in [-0.2, 0) is 41.6 Å². The molecular formula is C71H89N9O8. The minimum absolute atomic E-state index is 0.0184. The van der Waals surface area contributed by atoms with Gasteiger partial charge in [-0.15, -0.1) is 0 Å². The van der Waals surface area contributed by atoms with E-state index in [1.54, 1.807) is 62.0 Å². The van der Waals surface area contributed by atoms with Gasteiger partial charge in [0.05, 0.1) is 24.2 Å². The highest BCUT2D eigenvalue weighted by Crippen LogP contribution is 2.35. The minimum Gasteiger partial charge on any atom is -0.347 e. The first-order chi connectivity index (χ1) is 42.7. The highest BCUT2D eigenvalue weighted by atomic mass is 16.2. The van der Waals surface area contributed by atoms with Crippen LogP contribution in [0.4, 0.5) is 0 Å². The van der Waals surface area contributed by atoms with E-state index in [0.29, 0.717) is 18.4 Å². The molecule has 2 saturated carbocycles. The first kappa shape index (κ1) is 64.5. The Kier molecular flexibility index (Phi) is 22.9. The van der Waals surface area contributed by atoms with E-state index < -0.39 is 66.2 Å². The summed E-state index contributed by atoms with van der Waals surface area (Å²) in [5.41, 5.74) is 4.48. The van der Waals surface area contributed by atoms with E-state index >= 15 is 9.59 Å². The van der Waals surface area contributed by atoms with E-state index in [2.05, 4.69) is 37.2 Å². The van der Waals surface area contributed by atoms with Gasteiger partial charge < -0.3 is 47.0 Å². The van der Waals surface area contributed by atoms with Crippen molar-refractivity contribution < 1.29 is 38.4 Å². The van der Waals surface area contributed by atoms with E-state index in [1.165, 1.54) is 0 Å². The normalized spacial score (nSPS) is 21.0. The highest BCUT2D eigenvalue weighted by molar-refractivity contribution is 6.00. The Hall–Kier alpha value is -8.02. The summed E-state index contributed by atoms with van der Waals surface area (Å²) < 4.78 is 0. The summed E-state index contributed by atoms with van der Waals surface area (Å²) in [6.45, 7) is 3.63. The number of likely N-dealkylation sites (N-methyl/N-ethyl adjacent to an activating group) is 2. The Morgan fingerprint density at radius 3 is 1.30 bits per heavy atom. The van der Waals surface area contributed by atoms with Gasteiger partial charge in [0.15, 0.2) is 5.78 Å². The van der Waals surface area contributed by atoms with Crippen LogP contribution in [0, 0.1) is 17.8 Å². The standard InChI is InChI=1S/C71H89N9O8/c1-46(72-3)65(82)77-63(54-31-19-9-20-32-54)70(87)79-44-50(41-60(79)68(85)75-58(51-27-15-7-16-28-51)39-48-23-11-5-12-24-48)42-62(81)53-35-37-56(38-36-53)67(84)74-57-43-61(69(86)76-59(52-29-17-8-18-30-52)40-49-25-13-6-14-26-49)80(45-57)71(88)64(55-33-21-10-22-34-55)78-66(83)47(2)73-4/h5-8,11-18,23-30,35-38,46-47,50,54-55,57-61,63-64,72-73H,9-10,19-22,31-34,39-45H2,1-4H3,(H,74,84)(H,75,85)(H,76,86)(H,77,82)(H,78,83)/t46-,47-,50+,57-,58+,59+,60-,61-,63-,64-/m0/s1. The number of likely N-dealkylation sites (tertiary alicyclic amines) is 2. The molecule has 466 valence electrons. The second-order valence-electron chi connectivity index (χ2n) is 24.8. The monoisotopic (exact) mass is 1200 g/mol. The molecule has 2 heterocycles. The third kappa shape index (κ3) is 16.8. The molecule has 88 heavy (non-hydrogen) atoms. The van der Waals surface area contributed by atoms with E-state index in [9.17, 15) is 28.8 Å². The van der Waals surface area contributed by atoms with Gasteiger partial charge in [-0.1, -0.05) is 172 Å². The number of amides is 7. The topological polar surface area (TPSA) is 227 Å². The summed E-state index contributed by atoms with van der Waals surface area (Å²) in [5.74, 6) is -3.35. The van der Waals surface area contributed by atoms with Crippen molar-refractivity contribution in [2.45, 2.75) is 165 Å². The maximum atomic E-state index is 15.1. The van der Waals surface area contributed by atoms with Gasteiger partial charge in [0, 0.05) is 36.7 Å². The lowest BCUT2D eigenvalue weighted by Crippen LogP contribution is -2.58. The molecule has 2 saturated heterocycles. The average Bonchev–Trinajstić information content (AvgIpc) is 4.43. The molecule has 4 fully saturated rings. The van der Waals surface area contributed by atoms with Gasteiger partial charge in [-0.3, -0.25) is 38.4 Å². The number of hydrogen-bond donors (Lipinski definition) is 7. The second-order valence-corrected chi connectivity index (χ2v) is 24.8. The van der Waals surface area contributed by atoms with Crippen molar-refractivity contribution in [3.63, 3.8) is 0 Å². The van der Waals surface area contributed by atoms with E-state index in [-0.39, 0.29) is 91.0 Å². The third-order valence-corrected chi connectivity index (χ3v) is 18.8. The number of benzene rings is 5. The zero-order chi connectivity index (χ0) is 62.1. The number of carbonyl (C=O) groups excluding carboxylic acids is 8. The predicted octanol–water partition coefficient (Wildman–Crippen LogP) is 7.72. The van der Waals surface area contributed by atoms with Gasteiger partial charge in [-0.2, -0.15) is 0 Å². The molecule has 0 spiro atoms. The quantitative estimate of drug-likeness (QED) is 0.0282. The van der Waals surface area contributed by atoms with E-state index in [4.69, 9.17) is 0 Å². The smallest absolute Gasteiger partial charge is 0.251 e. The van der Waals surface area contributed by atoms with Crippen molar-refractivity contribution in [1.82, 2.24) is 47.0 Å². The van der Waals surface area contributed by atoms with Crippen LogP contribution in [-0.4, -0.2) is 126 Å². The van der Waals surface area contributed by atoms with Crippen LogP contribution in [0.15, 0.2) is 146 Å². The molecule has 7 N–H and O–H groups in total. The van der Waals surface area contributed by atoms with Crippen LogP contribution >= 0.6 is 0 Å². The van der Waals surface area contributed by atoms with Gasteiger partial charge in [-0.25, -0.2) is 0 Å². The predicted molar refractivity (Wildman–Crippen MR) is 339 cm³/mol. The fraction of sp³-hybridized carbons (Fsp3) is 0.465. The molecular weight excluding hydrogens is 1110 g/mol. The molecule has 5 aromatic carbocycles. The molecule has 4 aliphatic rings. The molecule has 5 aromatic rings. The first-order valence-electron chi connectivity index (χ1n) is 32.0. The lowest BCUT2D eigenvalue weighted by atomic mass is 9.83. The molecule has 7 amide bonds. The van der Waals surface area contributed by atoms with Crippen molar-refractivity contribution in [2.24, 2.45) is 17.8 Å². The summed E-state index contributed by atoms with van der Waals surface area (Å²) in [7, 11) is 3.38. The average molecular weight is 1200 g/mol. The van der Waals surface area contributed by atoms with E-state index in [1.807, 2.05) is 121 Å². The zero-order valence-electron chi connectivity index (χ0n) is 51.5. The summed E-state index contributed by atoms with van der Waals surface area (Å²) in [4.78, 5) is 119. The Morgan fingerprint density at radius 2 is 0.864 bits per heavy atom. The number of carbonyl (C=O) groups is 8. The lowest BCUT2D eigenvalue weighted by molar-refractivity contribution is -0.143. The number of nitrogens with zero attached hydrogens (tertiary/aromatic N) is 2. The maximum Gasteiger partial charge on any atom is 0.251 e. The van der Waals surface area contributed by atoms with Gasteiger partial charge in [0.2, 0.25) is 35.4 Å². The van der Waals surface area contributed by atoms with Gasteiger partial charge >= 0.3 is 0 Å². The number of hydrogen-bond acceptors (Lipinski definition) is 10. The van der Waals surface area contributed by atoms with Crippen molar-refractivity contribution in [2.75, 3.05) is 27.2 Å². The van der Waals surface area contributed by atoms with Gasteiger partial charge in [0.1, 0.15) is 24.2 Å². The summed E-state index contributed by atoms with van der Waals surface area (Å²) in [6.07, 6.45) is 10.2. The van der Waals surface area contributed by atoms with Crippen molar-refractivity contribution in [3.05, 3.63) is 179 Å². The van der Waals surface area contributed by atoms with Crippen molar-refractivity contribution in [3.8, 4) is 0 Å². The highest BCUT2D eigenvalue weighted by Gasteiger charge is 2.47. The largest absolute Gasteiger partial charge is 0.347 e. The Balaban J connectivity index is 0.923. The third-order valence-electron chi connectivity index (χ3n) is 18.8. The number of ketones is 1. The molecule has 0 bridgehead atoms. The molecule has 10 atom stereocenters.